The Morgan fingerprint density at radius 2 is 2.35 bits per heavy atom. The van der Waals surface area contributed by atoms with E-state index in [0.717, 1.165) is 36.2 Å². The van der Waals surface area contributed by atoms with Crippen LogP contribution in [0.25, 0.3) is 0 Å². The van der Waals surface area contributed by atoms with Gasteiger partial charge >= 0.3 is 0 Å². The van der Waals surface area contributed by atoms with Gasteiger partial charge in [0.15, 0.2) is 0 Å². The van der Waals surface area contributed by atoms with Gasteiger partial charge in [-0.3, -0.25) is 4.79 Å². The highest BCUT2D eigenvalue weighted by Gasteiger charge is 2.16. The Labute approximate surface area is 106 Å². The number of rotatable bonds is 3. The molecule has 1 aliphatic rings. The normalized spacial score (nSPS) is 13.5. The molecule has 0 atom stereocenters. The van der Waals surface area contributed by atoms with E-state index in [1.807, 2.05) is 18.2 Å². The zero-order valence-corrected chi connectivity index (χ0v) is 10.3. The van der Waals surface area contributed by atoms with E-state index >= 15 is 0 Å². The van der Waals surface area contributed by atoms with E-state index in [1.54, 1.807) is 0 Å². The fraction of sp³-hybridized carbons (Fsp3) is 0.308. The summed E-state index contributed by atoms with van der Waals surface area (Å²) in [6.07, 6.45) is 1.99. The van der Waals surface area contributed by atoms with Gasteiger partial charge in [0.2, 0.25) is 0 Å². The van der Waals surface area contributed by atoms with Crippen molar-refractivity contribution in [1.29, 1.82) is 0 Å². The maximum absolute atomic E-state index is 12.0. The first-order valence-electron chi connectivity index (χ1n) is 5.65. The molecule has 1 aliphatic heterocycles. The molecule has 1 aromatic carbocycles. The summed E-state index contributed by atoms with van der Waals surface area (Å²) in [4.78, 5) is 12.0. The third-order valence-electron chi connectivity index (χ3n) is 2.78. The average molecular weight is 251 g/mol. The number of halogens is 1. The molecule has 0 aliphatic carbocycles. The Balaban J connectivity index is 2.20. The van der Waals surface area contributed by atoms with Gasteiger partial charge in [-0.1, -0.05) is 24.2 Å². The van der Waals surface area contributed by atoms with Gasteiger partial charge in [-0.05, 0) is 30.5 Å². The lowest BCUT2D eigenvalue weighted by Gasteiger charge is -2.20. The van der Waals surface area contributed by atoms with Crippen LogP contribution in [0.4, 0.5) is 5.69 Å². The van der Waals surface area contributed by atoms with Crippen molar-refractivity contribution in [1.82, 2.24) is 5.32 Å². The Morgan fingerprint density at radius 1 is 1.53 bits per heavy atom. The van der Waals surface area contributed by atoms with Gasteiger partial charge in [0.05, 0.1) is 6.54 Å². The molecule has 2 rings (SSSR count). The third-order valence-corrected chi connectivity index (χ3v) is 2.91. The lowest BCUT2D eigenvalue weighted by atomic mass is 9.97. The van der Waals surface area contributed by atoms with Crippen LogP contribution < -0.4 is 10.6 Å². The molecule has 0 fully saturated rings. The van der Waals surface area contributed by atoms with Gasteiger partial charge in [-0.25, -0.2) is 0 Å². The summed E-state index contributed by atoms with van der Waals surface area (Å²) in [6, 6.07) is 5.74. The maximum atomic E-state index is 12.0. The van der Waals surface area contributed by atoms with Gasteiger partial charge in [-0.15, -0.1) is 0 Å². The molecule has 17 heavy (non-hydrogen) atoms. The fourth-order valence-electron chi connectivity index (χ4n) is 1.99. The summed E-state index contributed by atoms with van der Waals surface area (Å²) in [5.41, 5.74) is 2.89. The van der Waals surface area contributed by atoms with E-state index < -0.39 is 0 Å². The molecular formula is C13H15ClN2O. The van der Waals surface area contributed by atoms with Crippen LogP contribution in [-0.2, 0) is 6.42 Å². The first-order chi connectivity index (χ1) is 8.18. The number of anilines is 1. The third kappa shape index (κ3) is 2.80. The van der Waals surface area contributed by atoms with Crippen LogP contribution in [0.2, 0.25) is 0 Å². The van der Waals surface area contributed by atoms with Crippen molar-refractivity contribution in [3.8, 4) is 0 Å². The number of carbonyl (C=O) groups excluding carboxylic acids is 1. The van der Waals surface area contributed by atoms with Gasteiger partial charge in [0, 0.05) is 22.8 Å². The van der Waals surface area contributed by atoms with Crippen molar-refractivity contribution in [3.63, 3.8) is 0 Å². The standard InChI is InChI=1S/C13H15ClN2O/c1-9(14)8-16-13(17)11-4-2-6-12-10(11)5-3-7-15-12/h2,4,6,15H,1,3,5,7-8H2,(H,16,17). The molecule has 1 aromatic rings. The van der Waals surface area contributed by atoms with Crippen molar-refractivity contribution in [2.45, 2.75) is 12.8 Å². The van der Waals surface area contributed by atoms with Crippen molar-refractivity contribution in [2.75, 3.05) is 18.4 Å². The van der Waals surface area contributed by atoms with E-state index in [4.69, 9.17) is 11.6 Å². The van der Waals surface area contributed by atoms with Crippen LogP contribution in [0, 0.1) is 0 Å². The second-order valence-corrected chi connectivity index (χ2v) is 4.60. The summed E-state index contributed by atoms with van der Waals surface area (Å²) < 4.78 is 0. The Morgan fingerprint density at radius 3 is 3.12 bits per heavy atom. The van der Waals surface area contributed by atoms with Crippen LogP contribution in [-0.4, -0.2) is 19.0 Å². The van der Waals surface area contributed by atoms with Crippen LogP contribution in [0.1, 0.15) is 22.3 Å². The topological polar surface area (TPSA) is 41.1 Å². The number of hydrogen-bond donors (Lipinski definition) is 2. The van der Waals surface area contributed by atoms with E-state index in [1.165, 1.54) is 0 Å². The summed E-state index contributed by atoms with van der Waals surface area (Å²) >= 11 is 5.63. The summed E-state index contributed by atoms with van der Waals surface area (Å²) in [7, 11) is 0. The molecule has 1 heterocycles. The number of fused-ring (bicyclic) bond motifs is 1. The molecular weight excluding hydrogens is 236 g/mol. The first-order valence-corrected chi connectivity index (χ1v) is 6.03. The van der Waals surface area contributed by atoms with E-state index in [-0.39, 0.29) is 5.91 Å². The largest absolute Gasteiger partial charge is 0.385 e. The van der Waals surface area contributed by atoms with E-state index in [0.29, 0.717) is 11.6 Å². The Kier molecular flexibility index (Phi) is 3.69. The first kappa shape index (κ1) is 12.0. The van der Waals surface area contributed by atoms with Gasteiger partial charge in [0.25, 0.3) is 5.91 Å². The summed E-state index contributed by atoms with van der Waals surface area (Å²) in [5, 5.41) is 6.48. The molecule has 0 saturated heterocycles. The molecule has 1 amide bonds. The van der Waals surface area contributed by atoms with E-state index in [2.05, 4.69) is 17.2 Å². The molecule has 0 aromatic heterocycles. The summed E-state index contributed by atoms with van der Waals surface area (Å²) in [6.45, 7) is 4.82. The molecule has 0 saturated carbocycles. The molecule has 0 radical (unpaired) electrons. The second-order valence-electron chi connectivity index (χ2n) is 4.06. The van der Waals surface area contributed by atoms with Crippen LogP contribution in [0.5, 0.6) is 0 Å². The van der Waals surface area contributed by atoms with Crippen molar-refractivity contribution >= 4 is 23.2 Å². The highest BCUT2D eigenvalue weighted by atomic mass is 35.5. The zero-order chi connectivity index (χ0) is 12.3. The van der Waals surface area contributed by atoms with Crippen LogP contribution in [0.3, 0.4) is 0 Å². The minimum Gasteiger partial charge on any atom is -0.385 e. The number of benzene rings is 1. The maximum Gasteiger partial charge on any atom is 0.251 e. The molecule has 4 heteroatoms. The smallest absolute Gasteiger partial charge is 0.251 e. The summed E-state index contributed by atoms with van der Waals surface area (Å²) in [5.74, 6) is -0.0904. The minimum atomic E-state index is -0.0904. The SMILES string of the molecule is C=C(Cl)CNC(=O)c1cccc2c1CCCN2. The highest BCUT2D eigenvalue weighted by molar-refractivity contribution is 6.29. The Hall–Kier alpha value is -1.48. The monoisotopic (exact) mass is 250 g/mol. The van der Waals surface area contributed by atoms with E-state index in [9.17, 15) is 4.79 Å². The lowest BCUT2D eigenvalue weighted by Crippen LogP contribution is -2.27. The van der Waals surface area contributed by atoms with Gasteiger partial charge < -0.3 is 10.6 Å². The molecule has 2 N–H and O–H groups in total. The predicted molar refractivity (Wildman–Crippen MR) is 70.6 cm³/mol. The quantitative estimate of drug-likeness (QED) is 0.866. The zero-order valence-electron chi connectivity index (χ0n) is 9.55. The van der Waals surface area contributed by atoms with Crippen molar-refractivity contribution < 1.29 is 4.79 Å². The van der Waals surface area contributed by atoms with Gasteiger partial charge in [-0.2, -0.15) is 0 Å². The predicted octanol–water partition coefficient (Wildman–Crippen LogP) is 2.53. The second kappa shape index (κ2) is 5.23. The number of amides is 1. The van der Waals surface area contributed by atoms with Gasteiger partial charge in [0.1, 0.15) is 0 Å². The molecule has 0 bridgehead atoms. The van der Waals surface area contributed by atoms with Crippen LogP contribution >= 0.6 is 11.6 Å². The molecule has 90 valence electrons. The highest BCUT2D eigenvalue weighted by Crippen LogP contribution is 2.25. The molecule has 3 nitrogen and oxygen atoms in total. The number of nitrogens with one attached hydrogen (secondary N) is 2. The van der Waals surface area contributed by atoms with Crippen LogP contribution in [0.15, 0.2) is 29.8 Å². The fourth-order valence-corrected chi connectivity index (χ4v) is 2.06. The number of hydrogen-bond acceptors (Lipinski definition) is 2. The lowest BCUT2D eigenvalue weighted by molar-refractivity contribution is 0.0956. The van der Waals surface area contributed by atoms with Crippen molar-refractivity contribution in [2.24, 2.45) is 0 Å². The Bertz CT molecular complexity index is 457. The van der Waals surface area contributed by atoms with Crippen molar-refractivity contribution in [3.05, 3.63) is 40.9 Å². The minimum absolute atomic E-state index is 0.0904. The number of carbonyl (C=O) groups is 1. The molecule has 0 spiro atoms. The molecule has 0 unspecified atom stereocenters. The average Bonchev–Trinajstić information content (AvgIpc) is 2.35.